The predicted molar refractivity (Wildman–Crippen MR) is 80.3 cm³/mol. The fourth-order valence-electron chi connectivity index (χ4n) is 1.96. The van der Waals surface area contributed by atoms with Crippen LogP contribution in [0.5, 0.6) is 5.75 Å². The van der Waals surface area contributed by atoms with Crippen molar-refractivity contribution in [2.75, 3.05) is 7.11 Å². The molecule has 6 heteroatoms. The molecular formula is C15H18N4O2. The summed E-state index contributed by atoms with van der Waals surface area (Å²) in [5.41, 5.74) is 8.20. The minimum atomic E-state index is 0.0263. The summed E-state index contributed by atoms with van der Waals surface area (Å²) < 4.78 is 5.19. The number of ether oxygens (including phenoxy) is 1. The molecule has 0 aliphatic rings. The van der Waals surface area contributed by atoms with E-state index in [0.717, 1.165) is 11.3 Å². The molecule has 0 saturated carbocycles. The fourth-order valence-corrected chi connectivity index (χ4v) is 1.96. The summed E-state index contributed by atoms with van der Waals surface area (Å²) in [7, 11) is 1.54. The number of methoxy groups -OCH3 is 1. The van der Waals surface area contributed by atoms with Gasteiger partial charge in [-0.2, -0.15) is 0 Å². The highest BCUT2D eigenvalue weighted by Crippen LogP contribution is 2.19. The van der Waals surface area contributed by atoms with Gasteiger partial charge in [-0.1, -0.05) is 17.3 Å². The number of nitrogens with one attached hydrogen (secondary N) is 1. The van der Waals surface area contributed by atoms with Crippen molar-refractivity contribution in [1.82, 2.24) is 10.3 Å². The van der Waals surface area contributed by atoms with Crippen LogP contribution in [0.1, 0.15) is 16.8 Å². The van der Waals surface area contributed by atoms with Crippen LogP contribution in [0.2, 0.25) is 0 Å². The van der Waals surface area contributed by atoms with Crippen molar-refractivity contribution < 1.29 is 9.94 Å². The minimum Gasteiger partial charge on any atom is -0.496 e. The molecule has 1 aromatic heterocycles. The van der Waals surface area contributed by atoms with E-state index < -0.39 is 0 Å². The summed E-state index contributed by atoms with van der Waals surface area (Å²) in [6.07, 6.45) is 1.76. The van der Waals surface area contributed by atoms with Crippen LogP contribution < -0.4 is 15.8 Å². The van der Waals surface area contributed by atoms with E-state index in [1.54, 1.807) is 19.4 Å². The van der Waals surface area contributed by atoms with Crippen molar-refractivity contribution in [3.8, 4) is 5.75 Å². The van der Waals surface area contributed by atoms with E-state index >= 15 is 0 Å². The maximum atomic E-state index is 8.81. The molecule has 0 amide bonds. The fraction of sp³-hybridized carbons (Fsp3) is 0.200. The number of oxime groups is 1. The van der Waals surface area contributed by atoms with Crippen molar-refractivity contribution in [3.63, 3.8) is 0 Å². The highest BCUT2D eigenvalue weighted by molar-refractivity contribution is 5.99. The number of hydrogen-bond donors (Lipinski definition) is 3. The zero-order valence-corrected chi connectivity index (χ0v) is 11.8. The van der Waals surface area contributed by atoms with Gasteiger partial charge >= 0.3 is 0 Å². The van der Waals surface area contributed by atoms with E-state index in [-0.39, 0.29) is 5.84 Å². The molecule has 2 aromatic rings. The largest absolute Gasteiger partial charge is 0.496 e. The Bertz CT molecular complexity index is 614. The van der Waals surface area contributed by atoms with Crippen LogP contribution in [-0.4, -0.2) is 23.1 Å². The van der Waals surface area contributed by atoms with Crippen LogP contribution in [0, 0.1) is 0 Å². The monoisotopic (exact) mass is 286 g/mol. The molecule has 0 saturated heterocycles. The van der Waals surface area contributed by atoms with Crippen LogP contribution in [0.25, 0.3) is 0 Å². The first-order valence-electron chi connectivity index (χ1n) is 6.50. The first kappa shape index (κ1) is 14.8. The van der Waals surface area contributed by atoms with E-state index in [9.17, 15) is 0 Å². The van der Waals surface area contributed by atoms with Gasteiger partial charge in [-0.05, 0) is 29.8 Å². The summed E-state index contributed by atoms with van der Waals surface area (Å²) in [6, 6.07) is 11.4. The van der Waals surface area contributed by atoms with Crippen LogP contribution >= 0.6 is 0 Å². The lowest BCUT2D eigenvalue weighted by Crippen LogP contribution is -2.17. The second-order valence-electron chi connectivity index (χ2n) is 4.44. The van der Waals surface area contributed by atoms with Gasteiger partial charge in [0, 0.05) is 19.3 Å². The summed E-state index contributed by atoms with van der Waals surface area (Å²) in [5.74, 6) is 0.595. The van der Waals surface area contributed by atoms with Crippen LogP contribution in [0.15, 0.2) is 47.8 Å². The summed E-state index contributed by atoms with van der Waals surface area (Å²) >= 11 is 0. The second kappa shape index (κ2) is 7.25. The Hall–Kier alpha value is -2.60. The SMILES string of the molecule is COc1ccc(CNCc2ccccn2)cc1C(N)=NO. The Labute approximate surface area is 123 Å². The van der Waals surface area contributed by atoms with Gasteiger partial charge in [-0.25, -0.2) is 0 Å². The lowest BCUT2D eigenvalue weighted by atomic mass is 10.1. The summed E-state index contributed by atoms with van der Waals surface area (Å²) in [4.78, 5) is 4.24. The molecule has 0 aliphatic carbocycles. The zero-order valence-electron chi connectivity index (χ0n) is 11.8. The molecule has 2 rings (SSSR count). The molecule has 1 aromatic carbocycles. The molecule has 0 bridgehead atoms. The number of rotatable bonds is 6. The van der Waals surface area contributed by atoms with Gasteiger partial charge in [0.2, 0.25) is 0 Å². The smallest absolute Gasteiger partial charge is 0.173 e. The molecule has 0 aliphatic heterocycles. The number of amidine groups is 1. The van der Waals surface area contributed by atoms with Crippen LogP contribution in [-0.2, 0) is 13.1 Å². The first-order chi connectivity index (χ1) is 10.2. The standard InChI is InChI=1S/C15H18N4O2/c1-21-14-6-5-11(8-13(14)15(16)19-20)9-17-10-12-4-2-3-7-18-12/h2-8,17,20H,9-10H2,1H3,(H2,16,19). The Kier molecular flexibility index (Phi) is 5.11. The van der Waals surface area contributed by atoms with Crippen molar-refractivity contribution >= 4 is 5.84 Å². The Morgan fingerprint density at radius 2 is 2.19 bits per heavy atom. The van der Waals surface area contributed by atoms with Gasteiger partial charge in [-0.15, -0.1) is 0 Å². The van der Waals surface area contributed by atoms with Crippen LogP contribution in [0.3, 0.4) is 0 Å². The number of pyridine rings is 1. The molecule has 21 heavy (non-hydrogen) atoms. The number of hydrogen-bond acceptors (Lipinski definition) is 5. The average Bonchev–Trinajstić information content (AvgIpc) is 2.55. The van der Waals surface area contributed by atoms with E-state index in [0.29, 0.717) is 24.4 Å². The van der Waals surface area contributed by atoms with E-state index in [1.807, 2.05) is 30.3 Å². The molecule has 0 spiro atoms. The number of nitrogens with two attached hydrogens (primary N) is 1. The molecule has 0 atom stereocenters. The van der Waals surface area contributed by atoms with Gasteiger partial charge in [0.15, 0.2) is 5.84 Å². The molecule has 110 valence electrons. The van der Waals surface area contributed by atoms with Gasteiger partial charge in [0.25, 0.3) is 0 Å². The highest BCUT2D eigenvalue weighted by Gasteiger charge is 2.08. The summed E-state index contributed by atoms with van der Waals surface area (Å²) in [6.45, 7) is 1.32. The summed E-state index contributed by atoms with van der Waals surface area (Å²) in [5, 5.41) is 15.1. The first-order valence-corrected chi connectivity index (χ1v) is 6.50. The molecule has 0 unspecified atom stereocenters. The lowest BCUT2D eigenvalue weighted by Gasteiger charge is -2.10. The average molecular weight is 286 g/mol. The third-order valence-electron chi connectivity index (χ3n) is 3.01. The molecular weight excluding hydrogens is 268 g/mol. The van der Waals surface area contributed by atoms with Crippen LogP contribution in [0.4, 0.5) is 0 Å². The van der Waals surface area contributed by atoms with E-state index in [4.69, 9.17) is 15.7 Å². The van der Waals surface area contributed by atoms with Gasteiger partial charge in [0.1, 0.15) is 5.75 Å². The van der Waals surface area contributed by atoms with Gasteiger partial charge < -0.3 is 21.0 Å². The lowest BCUT2D eigenvalue weighted by molar-refractivity contribution is 0.318. The molecule has 4 N–H and O–H groups in total. The number of aromatic nitrogens is 1. The van der Waals surface area contributed by atoms with Crippen molar-refractivity contribution in [3.05, 3.63) is 59.4 Å². The molecule has 6 nitrogen and oxygen atoms in total. The Balaban J connectivity index is 2.04. The Morgan fingerprint density at radius 1 is 1.33 bits per heavy atom. The van der Waals surface area contributed by atoms with Crippen molar-refractivity contribution in [2.24, 2.45) is 10.9 Å². The quantitative estimate of drug-likeness (QED) is 0.324. The molecule has 0 radical (unpaired) electrons. The maximum absolute atomic E-state index is 8.81. The predicted octanol–water partition coefficient (Wildman–Crippen LogP) is 1.47. The van der Waals surface area contributed by atoms with E-state index in [1.165, 1.54) is 0 Å². The second-order valence-corrected chi connectivity index (χ2v) is 4.44. The molecule has 1 heterocycles. The third-order valence-corrected chi connectivity index (χ3v) is 3.01. The van der Waals surface area contributed by atoms with Gasteiger partial charge in [0.05, 0.1) is 18.4 Å². The van der Waals surface area contributed by atoms with Crippen molar-refractivity contribution in [2.45, 2.75) is 13.1 Å². The maximum Gasteiger partial charge on any atom is 0.173 e. The van der Waals surface area contributed by atoms with Crippen molar-refractivity contribution in [1.29, 1.82) is 0 Å². The number of nitrogens with zero attached hydrogens (tertiary/aromatic N) is 2. The van der Waals surface area contributed by atoms with E-state index in [2.05, 4.69) is 15.5 Å². The number of benzene rings is 1. The minimum absolute atomic E-state index is 0.0263. The normalized spacial score (nSPS) is 11.4. The Morgan fingerprint density at radius 3 is 2.86 bits per heavy atom. The zero-order chi connectivity index (χ0) is 15.1. The molecule has 0 fully saturated rings. The van der Waals surface area contributed by atoms with Gasteiger partial charge in [-0.3, -0.25) is 4.98 Å². The topological polar surface area (TPSA) is 92.8 Å². The highest BCUT2D eigenvalue weighted by atomic mass is 16.5. The third kappa shape index (κ3) is 3.93.